The summed E-state index contributed by atoms with van der Waals surface area (Å²) in [6.45, 7) is 2.05. The number of ether oxygens (including phenoxy) is 3. The van der Waals surface area contributed by atoms with Crippen molar-refractivity contribution >= 4 is 23.2 Å². The Morgan fingerprint density at radius 3 is 2.77 bits per heavy atom. The van der Waals surface area contributed by atoms with E-state index in [0.717, 1.165) is 22.4 Å². The van der Waals surface area contributed by atoms with E-state index in [4.69, 9.17) is 43.1 Å². The molecule has 1 aliphatic heterocycles. The number of methoxy groups -OCH3 is 1. The fourth-order valence-electron chi connectivity index (χ4n) is 3.57. The second-order valence-corrected chi connectivity index (χ2v) is 7.77. The Hall–Kier alpha value is -3.34. The van der Waals surface area contributed by atoms with Crippen molar-refractivity contribution in [2.75, 3.05) is 7.11 Å². The molecule has 3 N–H and O–H groups in total. The summed E-state index contributed by atoms with van der Waals surface area (Å²) < 4.78 is 16.9. The van der Waals surface area contributed by atoms with Gasteiger partial charge in [0.2, 0.25) is 11.8 Å². The molecule has 3 aromatic rings. The zero-order valence-corrected chi connectivity index (χ0v) is 18.2. The van der Waals surface area contributed by atoms with Crippen LogP contribution in [-0.4, -0.2) is 17.3 Å². The average molecular weight is 457 g/mol. The summed E-state index contributed by atoms with van der Waals surface area (Å²) in [7, 11) is 1.58. The van der Waals surface area contributed by atoms with E-state index in [1.165, 1.54) is 0 Å². The van der Waals surface area contributed by atoms with Crippen LogP contribution in [0.1, 0.15) is 28.3 Å². The first-order valence-electron chi connectivity index (χ1n) is 9.30. The van der Waals surface area contributed by atoms with Gasteiger partial charge in [0.25, 0.3) is 0 Å². The lowest BCUT2D eigenvalue weighted by atomic mass is 9.83. The van der Waals surface area contributed by atoms with Crippen molar-refractivity contribution in [3.63, 3.8) is 0 Å². The maximum absolute atomic E-state index is 9.75. The normalized spacial score (nSPS) is 15.1. The molecule has 4 rings (SSSR count). The Labute approximate surface area is 188 Å². The van der Waals surface area contributed by atoms with Gasteiger partial charge in [0.1, 0.15) is 29.7 Å². The number of rotatable bonds is 5. The van der Waals surface area contributed by atoms with Crippen LogP contribution in [0, 0.1) is 18.3 Å². The van der Waals surface area contributed by atoms with Crippen molar-refractivity contribution in [3.8, 4) is 23.4 Å². The van der Waals surface area contributed by atoms with E-state index in [2.05, 4.69) is 16.3 Å². The summed E-state index contributed by atoms with van der Waals surface area (Å²) in [5.41, 5.74) is 9.46. The summed E-state index contributed by atoms with van der Waals surface area (Å²) in [6.07, 6.45) is 0. The van der Waals surface area contributed by atoms with Crippen molar-refractivity contribution < 1.29 is 14.2 Å². The van der Waals surface area contributed by atoms with Crippen LogP contribution in [0.25, 0.3) is 0 Å². The number of fused-ring (bicyclic) bond motifs is 1. The van der Waals surface area contributed by atoms with Gasteiger partial charge in [0, 0.05) is 27.9 Å². The summed E-state index contributed by atoms with van der Waals surface area (Å²) in [4.78, 5) is 0. The molecule has 31 heavy (non-hydrogen) atoms. The quantitative estimate of drug-likeness (QED) is 0.569. The van der Waals surface area contributed by atoms with Gasteiger partial charge in [-0.2, -0.15) is 5.26 Å². The summed E-state index contributed by atoms with van der Waals surface area (Å²) >= 11 is 12.3. The van der Waals surface area contributed by atoms with E-state index < -0.39 is 5.92 Å². The summed E-state index contributed by atoms with van der Waals surface area (Å²) in [5, 5.41) is 17.8. The van der Waals surface area contributed by atoms with Gasteiger partial charge in [-0.3, -0.25) is 5.10 Å². The Balaban J connectivity index is 1.74. The number of nitriles is 1. The molecule has 0 aliphatic carbocycles. The SMILES string of the molecule is COc1ccc(C2C(C#N)=C(N)Oc3n[nH]c(C)c32)cc1COc1cc(Cl)ccc1Cl. The monoisotopic (exact) mass is 456 g/mol. The van der Waals surface area contributed by atoms with Crippen molar-refractivity contribution in [2.45, 2.75) is 19.4 Å². The lowest BCUT2D eigenvalue weighted by Crippen LogP contribution is -2.21. The predicted octanol–water partition coefficient (Wildman–Crippen LogP) is 4.83. The van der Waals surface area contributed by atoms with Crippen LogP contribution in [0.2, 0.25) is 10.0 Å². The van der Waals surface area contributed by atoms with E-state index in [9.17, 15) is 5.26 Å². The molecule has 9 heteroatoms. The second-order valence-electron chi connectivity index (χ2n) is 6.93. The molecule has 158 valence electrons. The van der Waals surface area contributed by atoms with Crippen molar-refractivity contribution in [1.82, 2.24) is 10.2 Å². The number of benzene rings is 2. The molecule has 0 saturated carbocycles. The number of nitrogens with one attached hydrogen (secondary N) is 1. The molecule has 0 fully saturated rings. The van der Waals surface area contributed by atoms with Crippen LogP contribution >= 0.6 is 23.2 Å². The number of H-pyrrole nitrogens is 1. The molecular weight excluding hydrogens is 439 g/mol. The number of halogens is 2. The minimum atomic E-state index is -0.438. The first-order valence-corrected chi connectivity index (χ1v) is 10.1. The Morgan fingerprint density at radius 2 is 2.03 bits per heavy atom. The molecule has 0 saturated heterocycles. The van der Waals surface area contributed by atoms with Gasteiger partial charge in [-0.25, -0.2) is 0 Å². The van der Waals surface area contributed by atoms with Gasteiger partial charge < -0.3 is 19.9 Å². The van der Waals surface area contributed by atoms with E-state index >= 15 is 0 Å². The van der Waals surface area contributed by atoms with Crippen LogP contribution in [0.5, 0.6) is 17.4 Å². The minimum Gasteiger partial charge on any atom is -0.496 e. The number of aromatic nitrogens is 2. The minimum absolute atomic E-state index is 0.0332. The summed E-state index contributed by atoms with van der Waals surface area (Å²) in [5.74, 6) is 1.05. The Morgan fingerprint density at radius 1 is 1.23 bits per heavy atom. The zero-order chi connectivity index (χ0) is 22.1. The molecule has 7 nitrogen and oxygen atoms in total. The van der Waals surface area contributed by atoms with Crippen LogP contribution in [0.15, 0.2) is 47.9 Å². The van der Waals surface area contributed by atoms with E-state index in [1.807, 2.05) is 25.1 Å². The van der Waals surface area contributed by atoms with E-state index in [1.54, 1.807) is 25.3 Å². The second kappa shape index (κ2) is 8.42. The number of allylic oxidation sites excluding steroid dienone is 1. The maximum atomic E-state index is 9.75. The Bertz CT molecular complexity index is 1230. The van der Waals surface area contributed by atoms with Crippen molar-refractivity contribution in [3.05, 3.63) is 80.3 Å². The lowest BCUT2D eigenvalue weighted by molar-refractivity contribution is 0.296. The molecule has 0 amide bonds. The highest BCUT2D eigenvalue weighted by molar-refractivity contribution is 6.34. The average Bonchev–Trinajstić information content (AvgIpc) is 3.13. The molecule has 1 aliphatic rings. The van der Waals surface area contributed by atoms with Crippen molar-refractivity contribution in [2.24, 2.45) is 5.73 Å². The third-order valence-electron chi connectivity index (χ3n) is 5.04. The maximum Gasteiger partial charge on any atom is 0.244 e. The molecule has 1 atom stereocenters. The van der Waals surface area contributed by atoms with Crippen LogP contribution < -0.4 is 19.9 Å². The predicted molar refractivity (Wildman–Crippen MR) is 116 cm³/mol. The molecule has 1 unspecified atom stereocenters. The molecule has 0 spiro atoms. The Kier molecular flexibility index (Phi) is 5.68. The van der Waals surface area contributed by atoms with Gasteiger partial charge in [-0.15, -0.1) is 5.10 Å². The fourth-order valence-corrected chi connectivity index (χ4v) is 3.90. The third kappa shape index (κ3) is 3.88. The van der Waals surface area contributed by atoms with Gasteiger partial charge in [-0.05, 0) is 36.8 Å². The topological polar surface area (TPSA) is 106 Å². The number of aromatic amines is 1. The highest BCUT2D eigenvalue weighted by atomic mass is 35.5. The molecular formula is C22H18Cl2N4O3. The molecule has 1 aromatic heterocycles. The van der Waals surface area contributed by atoms with Gasteiger partial charge in [0.15, 0.2) is 0 Å². The summed E-state index contributed by atoms with van der Waals surface area (Å²) in [6, 6.07) is 12.8. The molecule has 2 aromatic carbocycles. The first-order chi connectivity index (χ1) is 14.9. The fraction of sp³-hybridized carbons (Fsp3) is 0.182. The van der Waals surface area contributed by atoms with E-state index in [0.29, 0.717) is 33.0 Å². The van der Waals surface area contributed by atoms with Crippen LogP contribution in [0.4, 0.5) is 0 Å². The number of nitrogens with two attached hydrogens (primary N) is 1. The molecule has 0 radical (unpaired) electrons. The molecule has 2 heterocycles. The largest absolute Gasteiger partial charge is 0.496 e. The first kappa shape index (κ1) is 20.9. The van der Waals surface area contributed by atoms with Gasteiger partial charge in [-0.1, -0.05) is 29.3 Å². The number of hydrogen-bond acceptors (Lipinski definition) is 6. The standard InChI is InChI=1S/C22H18Cl2N4O3/c1-11-19-20(15(9-25)21(26)31-22(19)28-27-11)12-3-6-17(29-2)13(7-12)10-30-18-8-14(23)4-5-16(18)24/h3-8,20H,10,26H2,1-2H3,(H,27,28). The third-order valence-corrected chi connectivity index (χ3v) is 5.59. The van der Waals surface area contributed by atoms with Crippen LogP contribution in [0.3, 0.4) is 0 Å². The van der Waals surface area contributed by atoms with E-state index in [-0.39, 0.29) is 12.5 Å². The van der Waals surface area contributed by atoms with Crippen LogP contribution in [-0.2, 0) is 6.61 Å². The number of aryl methyl sites for hydroxylation is 1. The number of nitrogens with zero attached hydrogens (tertiary/aromatic N) is 2. The highest BCUT2D eigenvalue weighted by Crippen LogP contribution is 2.43. The lowest BCUT2D eigenvalue weighted by Gasteiger charge is -2.24. The van der Waals surface area contributed by atoms with Crippen molar-refractivity contribution in [1.29, 1.82) is 5.26 Å². The number of hydrogen-bond donors (Lipinski definition) is 2. The highest BCUT2D eigenvalue weighted by Gasteiger charge is 2.34. The molecule has 0 bridgehead atoms. The van der Waals surface area contributed by atoms with Gasteiger partial charge in [0.05, 0.1) is 18.1 Å². The smallest absolute Gasteiger partial charge is 0.244 e. The zero-order valence-electron chi connectivity index (χ0n) is 16.7. The van der Waals surface area contributed by atoms with Gasteiger partial charge >= 0.3 is 0 Å².